The molecule has 5 nitrogen and oxygen atoms in total. The summed E-state index contributed by atoms with van der Waals surface area (Å²) in [4.78, 5) is 30.8. The monoisotopic (exact) mass is 395 g/mol. The SMILES string of the molecule is O=c1[nH]c2ccccc2n(C2C[C@H]3CCC[C@@H](C2)N3C2CCCCCCC2)c1=O. The minimum atomic E-state index is -0.490. The smallest absolute Gasteiger partial charge is 0.316 e. The number of piperidine rings is 2. The molecule has 29 heavy (non-hydrogen) atoms. The van der Waals surface area contributed by atoms with E-state index in [0.717, 1.165) is 29.9 Å². The molecule has 1 N–H and O–H groups in total. The Morgan fingerprint density at radius 3 is 2.07 bits per heavy atom. The van der Waals surface area contributed by atoms with Gasteiger partial charge in [-0.25, -0.2) is 0 Å². The van der Waals surface area contributed by atoms with Gasteiger partial charge in [0.1, 0.15) is 0 Å². The molecule has 3 fully saturated rings. The zero-order chi connectivity index (χ0) is 19.8. The van der Waals surface area contributed by atoms with Crippen molar-refractivity contribution in [3.8, 4) is 0 Å². The molecule has 3 atom stereocenters. The minimum absolute atomic E-state index is 0.134. The molecule has 0 amide bonds. The van der Waals surface area contributed by atoms with Crippen LogP contribution in [0.25, 0.3) is 11.0 Å². The average molecular weight is 396 g/mol. The van der Waals surface area contributed by atoms with E-state index in [9.17, 15) is 9.59 Å². The Labute approximate surface area is 172 Å². The molecular formula is C24H33N3O2. The summed E-state index contributed by atoms with van der Waals surface area (Å²) < 4.78 is 1.83. The van der Waals surface area contributed by atoms with Crippen molar-refractivity contribution in [1.29, 1.82) is 0 Å². The second kappa shape index (κ2) is 8.10. The summed E-state index contributed by atoms with van der Waals surface area (Å²) in [6, 6.07) is 9.72. The number of H-pyrrole nitrogens is 1. The number of rotatable bonds is 2. The van der Waals surface area contributed by atoms with Crippen molar-refractivity contribution in [3.63, 3.8) is 0 Å². The summed E-state index contributed by atoms with van der Waals surface area (Å²) in [5.41, 5.74) is 0.770. The van der Waals surface area contributed by atoms with Gasteiger partial charge in [-0.1, -0.05) is 50.7 Å². The number of aromatic nitrogens is 2. The lowest BCUT2D eigenvalue weighted by atomic mass is 9.79. The van der Waals surface area contributed by atoms with Gasteiger partial charge in [-0.15, -0.1) is 0 Å². The van der Waals surface area contributed by atoms with Crippen molar-refractivity contribution in [2.45, 2.75) is 101 Å². The molecule has 1 saturated carbocycles. The summed E-state index contributed by atoms with van der Waals surface area (Å²) >= 11 is 0. The molecule has 2 aliphatic heterocycles. The van der Waals surface area contributed by atoms with Gasteiger partial charge in [-0.05, 0) is 50.7 Å². The summed E-state index contributed by atoms with van der Waals surface area (Å²) in [7, 11) is 0. The van der Waals surface area contributed by atoms with Crippen molar-refractivity contribution < 1.29 is 0 Å². The third kappa shape index (κ3) is 3.58. The lowest BCUT2D eigenvalue weighted by Gasteiger charge is -2.53. The van der Waals surface area contributed by atoms with E-state index in [4.69, 9.17) is 0 Å². The maximum Gasteiger partial charge on any atom is 0.316 e. The van der Waals surface area contributed by atoms with Crippen molar-refractivity contribution >= 4 is 11.0 Å². The van der Waals surface area contributed by atoms with Crippen LogP contribution in [0.15, 0.2) is 33.9 Å². The Hall–Kier alpha value is -1.88. The average Bonchev–Trinajstić information content (AvgIpc) is 2.68. The van der Waals surface area contributed by atoms with E-state index >= 15 is 0 Å². The molecule has 2 saturated heterocycles. The van der Waals surface area contributed by atoms with Crippen LogP contribution in [0.1, 0.15) is 83.1 Å². The van der Waals surface area contributed by atoms with E-state index in [1.165, 1.54) is 64.2 Å². The number of hydrogen-bond donors (Lipinski definition) is 1. The number of hydrogen-bond acceptors (Lipinski definition) is 3. The maximum atomic E-state index is 12.9. The van der Waals surface area contributed by atoms with Crippen LogP contribution in [0.4, 0.5) is 0 Å². The van der Waals surface area contributed by atoms with E-state index in [-0.39, 0.29) is 11.6 Å². The van der Waals surface area contributed by atoms with Crippen LogP contribution in [0.5, 0.6) is 0 Å². The summed E-state index contributed by atoms with van der Waals surface area (Å²) in [5.74, 6) is 0. The van der Waals surface area contributed by atoms with Crippen molar-refractivity contribution in [2.24, 2.45) is 0 Å². The highest BCUT2D eigenvalue weighted by molar-refractivity contribution is 5.74. The van der Waals surface area contributed by atoms with Gasteiger partial charge < -0.3 is 4.98 Å². The van der Waals surface area contributed by atoms with E-state index in [1.54, 1.807) is 0 Å². The predicted molar refractivity (Wildman–Crippen MR) is 116 cm³/mol. The molecule has 3 heterocycles. The molecule has 5 heteroatoms. The molecule has 0 spiro atoms. The lowest BCUT2D eigenvalue weighted by molar-refractivity contribution is -0.0247. The van der Waals surface area contributed by atoms with Crippen LogP contribution in [0.3, 0.4) is 0 Å². The van der Waals surface area contributed by atoms with Gasteiger partial charge in [-0.3, -0.25) is 19.1 Å². The molecule has 2 bridgehead atoms. The van der Waals surface area contributed by atoms with Crippen molar-refractivity contribution in [3.05, 3.63) is 45.0 Å². The molecule has 1 unspecified atom stereocenters. The van der Waals surface area contributed by atoms with E-state index < -0.39 is 5.56 Å². The van der Waals surface area contributed by atoms with Gasteiger partial charge in [0.05, 0.1) is 11.0 Å². The van der Waals surface area contributed by atoms with Gasteiger partial charge in [0, 0.05) is 24.2 Å². The van der Waals surface area contributed by atoms with Crippen LogP contribution < -0.4 is 11.1 Å². The normalized spacial score (nSPS) is 29.4. The van der Waals surface area contributed by atoms with Crippen molar-refractivity contribution in [1.82, 2.24) is 14.5 Å². The molecule has 0 radical (unpaired) electrons. The Balaban J connectivity index is 1.47. The molecule has 3 aliphatic rings. The number of para-hydroxylation sites is 2. The third-order valence-electron chi connectivity index (χ3n) is 7.69. The lowest BCUT2D eigenvalue weighted by Crippen LogP contribution is -2.57. The molecule has 5 rings (SSSR count). The fourth-order valence-electron chi connectivity index (χ4n) is 6.48. The highest BCUT2D eigenvalue weighted by atomic mass is 16.2. The van der Waals surface area contributed by atoms with Gasteiger partial charge in [0.25, 0.3) is 0 Å². The first-order valence-electron chi connectivity index (χ1n) is 11.7. The van der Waals surface area contributed by atoms with Crippen molar-refractivity contribution in [2.75, 3.05) is 0 Å². The summed E-state index contributed by atoms with van der Waals surface area (Å²) in [6.45, 7) is 0. The molecule has 156 valence electrons. The molecule has 2 aromatic rings. The predicted octanol–water partition coefficient (Wildman–Crippen LogP) is 4.36. The van der Waals surface area contributed by atoms with Crippen LogP contribution in [0, 0.1) is 0 Å². The molecule has 1 aromatic heterocycles. The summed E-state index contributed by atoms with van der Waals surface area (Å²) in [6.07, 6.45) is 15.4. The Bertz CT molecular complexity index is 956. The van der Waals surface area contributed by atoms with E-state index in [2.05, 4.69) is 9.88 Å². The van der Waals surface area contributed by atoms with Crippen LogP contribution in [-0.2, 0) is 0 Å². The first-order valence-corrected chi connectivity index (χ1v) is 11.7. The highest BCUT2D eigenvalue weighted by Crippen LogP contribution is 2.42. The molecule has 1 aromatic carbocycles. The van der Waals surface area contributed by atoms with Crippen LogP contribution in [0.2, 0.25) is 0 Å². The summed E-state index contributed by atoms with van der Waals surface area (Å²) in [5, 5.41) is 0. The Morgan fingerprint density at radius 1 is 0.724 bits per heavy atom. The van der Waals surface area contributed by atoms with E-state index in [1.807, 2.05) is 28.8 Å². The first kappa shape index (κ1) is 19.1. The zero-order valence-corrected chi connectivity index (χ0v) is 17.3. The van der Waals surface area contributed by atoms with E-state index in [0.29, 0.717) is 12.1 Å². The second-order valence-corrected chi connectivity index (χ2v) is 9.46. The Kier molecular flexibility index (Phi) is 5.33. The fourth-order valence-corrected chi connectivity index (χ4v) is 6.48. The maximum absolute atomic E-state index is 12.9. The third-order valence-corrected chi connectivity index (χ3v) is 7.69. The van der Waals surface area contributed by atoms with Gasteiger partial charge in [0.15, 0.2) is 0 Å². The zero-order valence-electron chi connectivity index (χ0n) is 17.3. The molecule has 1 aliphatic carbocycles. The number of aromatic amines is 1. The Morgan fingerprint density at radius 2 is 1.34 bits per heavy atom. The fraction of sp³-hybridized carbons (Fsp3) is 0.667. The number of fused-ring (bicyclic) bond motifs is 3. The van der Waals surface area contributed by atoms with Crippen LogP contribution in [-0.4, -0.2) is 32.6 Å². The molecular weight excluding hydrogens is 362 g/mol. The second-order valence-electron chi connectivity index (χ2n) is 9.46. The first-order chi connectivity index (χ1) is 14.2. The quantitative estimate of drug-likeness (QED) is 0.769. The largest absolute Gasteiger partial charge is 0.316 e. The number of nitrogens with zero attached hydrogens (tertiary/aromatic N) is 2. The van der Waals surface area contributed by atoms with Crippen LogP contribution >= 0.6 is 0 Å². The number of benzene rings is 1. The minimum Gasteiger partial charge on any atom is -0.316 e. The topological polar surface area (TPSA) is 58.1 Å². The number of nitrogens with one attached hydrogen (secondary N) is 1. The van der Waals surface area contributed by atoms with Gasteiger partial charge in [0.2, 0.25) is 0 Å². The van der Waals surface area contributed by atoms with Gasteiger partial charge >= 0.3 is 11.1 Å². The van der Waals surface area contributed by atoms with Gasteiger partial charge in [-0.2, -0.15) is 0 Å². The standard InChI is InChI=1S/C24H33N3O2/c28-23-24(29)27(22-14-7-6-13-21(22)25-23)20-15-18-11-8-12-19(16-20)26(18)17-9-4-2-1-3-5-10-17/h6-7,13-14,17-20H,1-5,8-12,15-16H2,(H,25,28)/t18-,19+,20?. The highest BCUT2D eigenvalue weighted by Gasteiger charge is 2.42.